The molecule has 0 unspecified atom stereocenters. The van der Waals surface area contributed by atoms with Crippen LogP contribution in [0.1, 0.15) is 25.6 Å². The van der Waals surface area contributed by atoms with Crippen LogP contribution in [0, 0.1) is 6.92 Å². The van der Waals surface area contributed by atoms with Gasteiger partial charge >= 0.3 is 0 Å². The van der Waals surface area contributed by atoms with E-state index in [1.54, 1.807) is 11.3 Å². The fraction of sp³-hybridized carbons (Fsp3) is 0.667. The van der Waals surface area contributed by atoms with Gasteiger partial charge in [0.2, 0.25) is 0 Å². The van der Waals surface area contributed by atoms with Gasteiger partial charge in [0.15, 0.2) is 5.13 Å². The van der Waals surface area contributed by atoms with Crippen molar-refractivity contribution in [3.05, 3.63) is 11.1 Å². The Bertz CT molecular complexity index is 208. The number of aromatic nitrogens is 1. The molecule has 0 fully saturated rings. The van der Waals surface area contributed by atoms with Gasteiger partial charge in [-0.05, 0) is 13.8 Å². The van der Waals surface area contributed by atoms with Crippen LogP contribution in [0.3, 0.4) is 0 Å². The lowest BCUT2D eigenvalue weighted by molar-refractivity contribution is 0.958. The average Bonchev–Trinajstić information content (AvgIpc) is 2.54. The maximum Gasteiger partial charge on any atom is 0.185 e. The fourth-order valence-electron chi connectivity index (χ4n) is 0.655. The quantitative estimate of drug-likeness (QED) is 0.706. The Balaban J connectivity index is 0.000000561. The molecule has 2 nitrogen and oxygen atoms in total. The first-order valence-electron chi connectivity index (χ1n) is 4.37. The number of thiazole rings is 1. The second-order valence-electron chi connectivity index (χ2n) is 2.27. The van der Waals surface area contributed by atoms with Crippen molar-refractivity contribution in [2.24, 2.45) is 0 Å². The molecule has 0 aromatic carbocycles. The van der Waals surface area contributed by atoms with Crippen LogP contribution in [0.4, 0.5) is 5.13 Å². The van der Waals surface area contributed by atoms with E-state index in [0.29, 0.717) is 0 Å². The molecule has 0 saturated carbocycles. The van der Waals surface area contributed by atoms with E-state index in [-0.39, 0.29) is 0 Å². The molecule has 0 atom stereocenters. The van der Waals surface area contributed by atoms with Gasteiger partial charge in [-0.25, -0.2) is 4.98 Å². The van der Waals surface area contributed by atoms with Crippen molar-refractivity contribution in [2.75, 3.05) is 18.5 Å². The lowest BCUT2D eigenvalue weighted by atomic mass is 10.6. The number of nitrogens with zero attached hydrogens (tertiary/aromatic N) is 2. The Hall–Kier alpha value is -0.570. The highest BCUT2D eigenvalue weighted by Gasteiger charge is 2.00. The normalized spacial score (nSPS) is 8.75. The van der Waals surface area contributed by atoms with E-state index in [2.05, 4.69) is 30.8 Å². The van der Waals surface area contributed by atoms with Crippen LogP contribution in [0.25, 0.3) is 0 Å². The molecule has 12 heavy (non-hydrogen) atoms. The van der Waals surface area contributed by atoms with Crippen molar-refractivity contribution in [3.8, 4) is 0 Å². The number of hydrogen-bond donors (Lipinski definition) is 0. The maximum atomic E-state index is 4.23. The van der Waals surface area contributed by atoms with Crippen molar-refractivity contribution in [2.45, 2.75) is 27.7 Å². The van der Waals surface area contributed by atoms with Gasteiger partial charge in [-0.2, -0.15) is 0 Å². The first kappa shape index (κ1) is 11.4. The molecule has 0 amide bonds. The third-order valence-electron chi connectivity index (χ3n) is 1.41. The average molecular weight is 186 g/mol. The van der Waals surface area contributed by atoms with E-state index in [0.717, 1.165) is 11.7 Å². The Morgan fingerprint density at radius 3 is 2.42 bits per heavy atom. The van der Waals surface area contributed by atoms with Crippen molar-refractivity contribution >= 4 is 16.5 Å². The van der Waals surface area contributed by atoms with E-state index in [4.69, 9.17) is 0 Å². The second kappa shape index (κ2) is 6.00. The zero-order valence-electron chi connectivity index (χ0n) is 8.59. The van der Waals surface area contributed by atoms with Crippen LogP contribution < -0.4 is 4.90 Å². The molecule has 0 saturated heterocycles. The molecule has 0 aliphatic rings. The minimum atomic E-state index is 1.02. The molecule has 0 N–H and O–H groups in total. The van der Waals surface area contributed by atoms with E-state index in [9.17, 15) is 0 Å². The molecule has 1 aromatic rings. The van der Waals surface area contributed by atoms with Crippen molar-refractivity contribution in [1.82, 2.24) is 4.98 Å². The van der Waals surface area contributed by atoms with E-state index in [1.807, 2.05) is 20.0 Å². The SMILES string of the molecule is CC.CCN(C)c1ncc(C)s1. The molecule has 0 spiro atoms. The Kier molecular flexibility index (Phi) is 5.72. The summed E-state index contributed by atoms with van der Waals surface area (Å²) in [5.41, 5.74) is 0. The van der Waals surface area contributed by atoms with Gasteiger partial charge in [-0.15, -0.1) is 11.3 Å². The monoisotopic (exact) mass is 186 g/mol. The molecular formula is C9H18N2S. The Morgan fingerprint density at radius 1 is 1.50 bits per heavy atom. The number of aryl methyl sites for hydroxylation is 1. The van der Waals surface area contributed by atoms with Crippen LogP contribution in [0.15, 0.2) is 6.20 Å². The molecule has 0 aliphatic carbocycles. The zero-order valence-corrected chi connectivity index (χ0v) is 9.40. The molecule has 0 radical (unpaired) electrons. The second-order valence-corrected chi connectivity index (χ2v) is 3.48. The number of rotatable bonds is 2. The Morgan fingerprint density at radius 2 is 2.08 bits per heavy atom. The van der Waals surface area contributed by atoms with Gasteiger partial charge in [0, 0.05) is 24.7 Å². The van der Waals surface area contributed by atoms with Gasteiger partial charge in [0.1, 0.15) is 0 Å². The minimum Gasteiger partial charge on any atom is -0.351 e. The summed E-state index contributed by atoms with van der Waals surface area (Å²) in [6.07, 6.45) is 1.91. The smallest absolute Gasteiger partial charge is 0.185 e. The maximum absolute atomic E-state index is 4.23. The van der Waals surface area contributed by atoms with E-state index >= 15 is 0 Å². The minimum absolute atomic E-state index is 1.02. The first-order valence-corrected chi connectivity index (χ1v) is 5.19. The molecule has 1 rings (SSSR count). The predicted octanol–water partition coefficient (Wildman–Crippen LogP) is 2.93. The topological polar surface area (TPSA) is 16.1 Å². The lowest BCUT2D eigenvalue weighted by Gasteiger charge is -2.10. The summed E-state index contributed by atoms with van der Waals surface area (Å²) >= 11 is 1.74. The highest BCUT2D eigenvalue weighted by molar-refractivity contribution is 7.15. The zero-order chi connectivity index (χ0) is 9.56. The molecular weight excluding hydrogens is 168 g/mol. The highest BCUT2D eigenvalue weighted by atomic mass is 32.1. The summed E-state index contributed by atoms with van der Waals surface area (Å²) in [5, 5.41) is 1.11. The van der Waals surface area contributed by atoms with Gasteiger partial charge in [-0.1, -0.05) is 13.8 Å². The summed E-state index contributed by atoms with van der Waals surface area (Å²) in [7, 11) is 2.05. The molecule has 0 bridgehead atoms. The summed E-state index contributed by atoms with van der Waals surface area (Å²) < 4.78 is 0. The first-order chi connectivity index (χ1) is 5.74. The van der Waals surface area contributed by atoms with Crippen LogP contribution >= 0.6 is 11.3 Å². The molecule has 0 aliphatic heterocycles. The highest BCUT2D eigenvalue weighted by Crippen LogP contribution is 2.19. The van der Waals surface area contributed by atoms with Gasteiger partial charge in [0.25, 0.3) is 0 Å². The van der Waals surface area contributed by atoms with Gasteiger partial charge < -0.3 is 4.90 Å². The number of anilines is 1. The van der Waals surface area contributed by atoms with Crippen molar-refractivity contribution in [1.29, 1.82) is 0 Å². The molecule has 1 aromatic heterocycles. The predicted molar refractivity (Wildman–Crippen MR) is 57.1 cm³/mol. The standard InChI is InChI=1S/C7H12N2S.C2H6/c1-4-9(3)7-8-5-6(2)10-7;1-2/h5H,4H2,1-3H3;1-2H3. The van der Waals surface area contributed by atoms with Crippen LogP contribution in [0.5, 0.6) is 0 Å². The van der Waals surface area contributed by atoms with Crippen molar-refractivity contribution in [3.63, 3.8) is 0 Å². The largest absolute Gasteiger partial charge is 0.351 e. The van der Waals surface area contributed by atoms with Crippen molar-refractivity contribution < 1.29 is 0 Å². The van der Waals surface area contributed by atoms with Crippen LogP contribution in [0.2, 0.25) is 0 Å². The van der Waals surface area contributed by atoms with Gasteiger partial charge in [0.05, 0.1) is 0 Å². The third kappa shape index (κ3) is 3.22. The molecule has 3 heteroatoms. The molecule has 1 heterocycles. The summed E-state index contributed by atoms with van der Waals surface area (Å²) in [6.45, 7) is 9.22. The third-order valence-corrected chi connectivity index (χ3v) is 2.44. The summed E-state index contributed by atoms with van der Waals surface area (Å²) in [6, 6.07) is 0. The van der Waals surface area contributed by atoms with Gasteiger partial charge in [-0.3, -0.25) is 0 Å². The Labute approximate surface area is 79.2 Å². The van der Waals surface area contributed by atoms with E-state index < -0.39 is 0 Å². The fourth-order valence-corrected chi connectivity index (χ4v) is 1.44. The number of hydrogen-bond acceptors (Lipinski definition) is 3. The van der Waals surface area contributed by atoms with E-state index in [1.165, 1.54) is 4.88 Å². The molecule has 70 valence electrons. The lowest BCUT2D eigenvalue weighted by Crippen LogP contribution is -2.14. The summed E-state index contributed by atoms with van der Waals surface area (Å²) in [5.74, 6) is 0. The van der Waals surface area contributed by atoms with Crippen LogP contribution in [-0.2, 0) is 0 Å². The van der Waals surface area contributed by atoms with Crippen LogP contribution in [-0.4, -0.2) is 18.6 Å². The summed E-state index contributed by atoms with van der Waals surface area (Å²) in [4.78, 5) is 7.64.